The Morgan fingerprint density at radius 2 is 2.16 bits per heavy atom. The normalized spacial score (nSPS) is 19.8. The third kappa shape index (κ3) is 3.56. The van der Waals surface area contributed by atoms with Crippen LogP contribution in [0.5, 0.6) is 0 Å². The second kappa shape index (κ2) is 6.20. The Morgan fingerprint density at radius 3 is 2.74 bits per heavy atom. The van der Waals surface area contributed by atoms with Crippen LogP contribution in [0.4, 0.5) is 0 Å². The van der Waals surface area contributed by atoms with Gasteiger partial charge in [0.05, 0.1) is 5.02 Å². The van der Waals surface area contributed by atoms with Gasteiger partial charge in [0.15, 0.2) is 0 Å². The Hall–Kier alpha value is 0.0200. The van der Waals surface area contributed by atoms with Crippen molar-refractivity contribution in [1.29, 1.82) is 0 Å². The molecule has 0 spiro atoms. The first kappa shape index (κ1) is 15.4. The van der Waals surface area contributed by atoms with Gasteiger partial charge in [0.2, 0.25) is 10.0 Å². The van der Waals surface area contributed by atoms with Gasteiger partial charge in [0.25, 0.3) is 0 Å². The third-order valence-electron chi connectivity index (χ3n) is 2.84. The van der Waals surface area contributed by atoms with E-state index < -0.39 is 10.0 Å². The summed E-state index contributed by atoms with van der Waals surface area (Å²) < 4.78 is 27.3. The lowest BCUT2D eigenvalue weighted by molar-refractivity contribution is 0.563. The molecule has 19 heavy (non-hydrogen) atoms. The number of halogens is 2. The summed E-state index contributed by atoms with van der Waals surface area (Å²) in [4.78, 5) is -0.000910. The van der Waals surface area contributed by atoms with Crippen molar-refractivity contribution in [1.82, 2.24) is 4.72 Å². The summed E-state index contributed by atoms with van der Waals surface area (Å²) in [7, 11) is -3.66. The maximum Gasteiger partial charge on any atom is 0.242 e. The van der Waals surface area contributed by atoms with Gasteiger partial charge in [-0.1, -0.05) is 23.2 Å². The van der Waals surface area contributed by atoms with Crippen LogP contribution in [-0.4, -0.2) is 26.0 Å². The predicted molar refractivity (Wildman–Crippen MR) is 80.4 cm³/mol. The van der Waals surface area contributed by atoms with Crippen LogP contribution < -0.4 is 10.5 Å². The van der Waals surface area contributed by atoms with Gasteiger partial charge >= 0.3 is 0 Å². The van der Waals surface area contributed by atoms with Crippen LogP contribution in [0.25, 0.3) is 0 Å². The standard InChI is InChI=1S/C11H14Cl2N2O2S2/c12-8-3-7(5-14)11(13)10(4-8)19(16,17)15-9-1-2-18-6-9/h3-4,9,15H,1-2,5-6,14H2. The largest absolute Gasteiger partial charge is 0.326 e. The van der Waals surface area contributed by atoms with Gasteiger partial charge in [-0.25, -0.2) is 13.1 Å². The number of nitrogens with two attached hydrogens (primary N) is 1. The topological polar surface area (TPSA) is 72.2 Å². The Kier molecular flexibility index (Phi) is 5.03. The van der Waals surface area contributed by atoms with E-state index in [1.807, 2.05) is 0 Å². The molecule has 1 aliphatic heterocycles. The lowest BCUT2D eigenvalue weighted by atomic mass is 10.2. The molecule has 0 amide bonds. The van der Waals surface area contributed by atoms with E-state index >= 15 is 0 Å². The van der Waals surface area contributed by atoms with Crippen molar-refractivity contribution in [2.45, 2.75) is 23.9 Å². The first-order valence-electron chi connectivity index (χ1n) is 5.72. The fourth-order valence-corrected chi connectivity index (χ4v) is 5.34. The summed E-state index contributed by atoms with van der Waals surface area (Å²) in [5.41, 5.74) is 6.06. The smallest absolute Gasteiger partial charge is 0.242 e. The van der Waals surface area contributed by atoms with Crippen LogP contribution in [0, 0.1) is 0 Å². The number of hydrogen-bond donors (Lipinski definition) is 2. The zero-order valence-electron chi connectivity index (χ0n) is 10.0. The summed E-state index contributed by atoms with van der Waals surface area (Å²) in [6.07, 6.45) is 0.825. The van der Waals surface area contributed by atoms with Crippen molar-refractivity contribution in [2.24, 2.45) is 5.73 Å². The van der Waals surface area contributed by atoms with E-state index in [9.17, 15) is 8.42 Å². The Labute approximate surface area is 127 Å². The Morgan fingerprint density at radius 1 is 1.42 bits per heavy atom. The van der Waals surface area contributed by atoms with E-state index in [0.717, 1.165) is 17.9 Å². The van der Waals surface area contributed by atoms with E-state index in [-0.39, 0.29) is 22.5 Å². The minimum absolute atomic E-state index is 0.000910. The zero-order valence-corrected chi connectivity index (χ0v) is 13.2. The molecule has 1 atom stereocenters. The maximum absolute atomic E-state index is 12.3. The van der Waals surface area contributed by atoms with Crippen molar-refractivity contribution < 1.29 is 8.42 Å². The molecule has 0 aromatic heterocycles. The van der Waals surface area contributed by atoms with E-state index in [2.05, 4.69) is 4.72 Å². The van der Waals surface area contributed by atoms with Gasteiger partial charge in [-0.05, 0) is 29.9 Å². The summed E-state index contributed by atoms with van der Waals surface area (Å²) >= 11 is 13.7. The number of hydrogen-bond acceptors (Lipinski definition) is 4. The fraction of sp³-hybridized carbons (Fsp3) is 0.455. The first-order chi connectivity index (χ1) is 8.94. The number of nitrogens with one attached hydrogen (secondary N) is 1. The molecule has 8 heteroatoms. The van der Waals surface area contributed by atoms with Gasteiger partial charge in [0.1, 0.15) is 4.90 Å². The van der Waals surface area contributed by atoms with Crippen LogP contribution in [0.2, 0.25) is 10.0 Å². The molecule has 0 saturated carbocycles. The van der Waals surface area contributed by atoms with E-state index in [4.69, 9.17) is 28.9 Å². The van der Waals surface area contributed by atoms with Gasteiger partial charge in [-0.15, -0.1) is 0 Å². The second-order valence-corrected chi connectivity index (χ2v) is 7.91. The van der Waals surface area contributed by atoms with Crippen LogP contribution in [0.1, 0.15) is 12.0 Å². The van der Waals surface area contributed by atoms with Crippen molar-refractivity contribution >= 4 is 45.0 Å². The highest BCUT2D eigenvalue weighted by molar-refractivity contribution is 7.99. The van der Waals surface area contributed by atoms with Crippen molar-refractivity contribution in [2.75, 3.05) is 11.5 Å². The molecule has 2 rings (SSSR count). The average Bonchev–Trinajstić information content (AvgIpc) is 2.83. The zero-order chi connectivity index (χ0) is 14.0. The molecule has 106 valence electrons. The molecule has 1 heterocycles. The second-order valence-electron chi connectivity index (χ2n) is 4.26. The van der Waals surface area contributed by atoms with Crippen molar-refractivity contribution in [3.05, 3.63) is 27.7 Å². The molecule has 0 aliphatic carbocycles. The molecule has 0 bridgehead atoms. The highest BCUT2D eigenvalue weighted by Gasteiger charge is 2.26. The SMILES string of the molecule is NCc1cc(Cl)cc(S(=O)(=O)NC2CCSC2)c1Cl. The van der Waals surface area contributed by atoms with Crippen LogP contribution in [0.3, 0.4) is 0 Å². The molecule has 1 unspecified atom stereocenters. The van der Waals surface area contributed by atoms with Crippen LogP contribution in [-0.2, 0) is 16.6 Å². The fourth-order valence-electron chi connectivity index (χ4n) is 1.87. The third-order valence-corrected chi connectivity index (χ3v) is 6.32. The number of rotatable bonds is 4. The number of sulfonamides is 1. The van der Waals surface area contributed by atoms with Gasteiger partial charge in [-0.3, -0.25) is 0 Å². The van der Waals surface area contributed by atoms with Gasteiger partial charge < -0.3 is 5.73 Å². The first-order valence-corrected chi connectivity index (χ1v) is 9.11. The lowest BCUT2D eigenvalue weighted by Gasteiger charge is -2.14. The predicted octanol–water partition coefficient (Wildman–Crippen LogP) is 2.24. The molecule has 3 N–H and O–H groups in total. The number of benzene rings is 1. The minimum Gasteiger partial charge on any atom is -0.326 e. The van der Waals surface area contributed by atoms with Crippen LogP contribution in [0.15, 0.2) is 17.0 Å². The van der Waals surface area contributed by atoms with Gasteiger partial charge in [-0.2, -0.15) is 11.8 Å². The summed E-state index contributed by atoms with van der Waals surface area (Å²) in [6, 6.07) is 2.88. The molecule has 1 saturated heterocycles. The van der Waals surface area contributed by atoms with Crippen molar-refractivity contribution in [3.8, 4) is 0 Å². The molecule has 4 nitrogen and oxygen atoms in total. The van der Waals surface area contributed by atoms with E-state index in [1.54, 1.807) is 17.8 Å². The molecular weight excluding hydrogens is 327 g/mol. The highest BCUT2D eigenvalue weighted by Crippen LogP contribution is 2.30. The summed E-state index contributed by atoms with van der Waals surface area (Å²) in [5, 5.41) is 0.455. The van der Waals surface area contributed by atoms with Crippen molar-refractivity contribution in [3.63, 3.8) is 0 Å². The molecule has 1 fully saturated rings. The Balaban J connectivity index is 2.36. The maximum atomic E-state index is 12.3. The lowest BCUT2D eigenvalue weighted by Crippen LogP contribution is -2.34. The minimum atomic E-state index is -3.66. The number of thioether (sulfide) groups is 1. The molecule has 1 aromatic carbocycles. The highest BCUT2D eigenvalue weighted by atomic mass is 35.5. The quantitative estimate of drug-likeness (QED) is 0.881. The molecule has 1 aliphatic rings. The van der Waals surface area contributed by atoms with Crippen LogP contribution >= 0.6 is 35.0 Å². The summed E-state index contributed by atoms with van der Waals surface area (Å²) in [6.45, 7) is 0.140. The Bertz CT molecular complexity index is 572. The molecular formula is C11H14Cl2N2O2S2. The monoisotopic (exact) mass is 340 g/mol. The van der Waals surface area contributed by atoms with E-state index in [1.165, 1.54) is 6.07 Å². The van der Waals surface area contributed by atoms with Gasteiger partial charge in [0, 0.05) is 23.4 Å². The molecule has 0 radical (unpaired) electrons. The molecule has 1 aromatic rings. The van der Waals surface area contributed by atoms with E-state index in [0.29, 0.717) is 10.6 Å². The summed E-state index contributed by atoms with van der Waals surface area (Å²) in [5.74, 6) is 1.74. The average molecular weight is 341 g/mol.